The molecule has 2 N–H and O–H groups in total. The van der Waals surface area contributed by atoms with Crippen LogP contribution in [0.4, 0.5) is 18.9 Å². The van der Waals surface area contributed by atoms with Gasteiger partial charge in [-0.3, -0.25) is 0 Å². The average molecular weight is 350 g/mol. The van der Waals surface area contributed by atoms with Crippen molar-refractivity contribution in [1.29, 1.82) is 0 Å². The standard InChI is InChI=1S/C15H15ClF3NO3/c1-7(2)6-20-11-5-12-8(4-10(11)16)3-9(14(21)22)13(23-12)15(17,18)19/h4-5,7,20H,3,6H2,1-2H3,(H,21,22). The SMILES string of the molecule is CC(C)CNc1cc2c(cc1Cl)CC(C(=O)O)=C(C(F)(F)F)O2. The second-order valence-electron chi connectivity index (χ2n) is 5.60. The second kappa shape index (κ2) is 6.31. The maximum absolute atomic E-state index is 13.0. The molecule has 8 heteroatoms. The van der Waals surface area contributed by atoms with Crippen molar-refractivity contribution in [2.75, 3.05) is 11.9 Å². The molecule has 0 bridgehead atoms. The molecule has 0 saturated carbocycles. The molecule has 23 heavy (non-hydrogen) atoms. The number of carbonyl (C=O) groups is 1. The zero-order valence-corrected chi connectivity index (χ0v) is 13.2. The number of benzene rings is 1. The Kier molecular flexibility index (Phi) is 4.79. The van der Waals surface area contributed by atoms with Crippen molar-refractivity contribution in [2.45, 2.75) is 26.4 Å². The molecule has 0 fully saturated rings. The molecule has 1 aliphatic heterocycles. The third-order valence-electron chi connectivity index (χ3n) is 3.22. The lowest BCUT2D eigenvalue weighted by atomic mass is 9.99. The Morgan fingerprint density at radius 1 is 1.43 bits per heavy atom. The number of aliphatic carboxylic acids is 1. The first kappa shape index (κ1) is 17.5. The minimum Gasteiger partial charge on any atom is -0.478 e. The summed E-state index contributed by atoms with van der Waals surface area (Å²) in [7, 11) is 0. The van der Waals surface area contributed by atoms with Crippen molar-refractivity contribution >= 4 is 23.3 Å². The van der Waals surface area contributed by atoms with E-state index >= 15 is 0 Å². The van der Waals surface area contributed by atoms with E-state index in [4.69, 9.17) is 21.4 Å². The Balaban J connectivity index is 2.40. The summed E-state index contributed by atoms with van der Waals surface area (Å²) in [6.45, 7) is 4.53. The molecule has 0 aliphatic carbocycles. The molecule has 2 rings (SSSR count). The molecule has 0 amide bonds. The van der Waals surface area contributed by atoms with Crippen LogP contribution in [0.25, 0.3) is 0 Å². The van der Waals surface area contributed by atoms with Crippen LogP contribution in [0, 0.1) is 5.92 Å². The van der Waals surface area contributed by atoms with Gasteiger partial charge in [-0.05, 0) is 12.0 Å². The number of allylic oxidation sites excluding steroid dienone is 1. The van der Waals surface area contributed by atoms with Gasteiger partial charge in [-0.15, -0.1) is 0 Å². The molecule has 0 aromatic heterocycles. The van der Waals surface area contributed by atoms with Gasteiger partial charge >= 0.3 is 12.1 Å². The highest BCUT2D eigenvalue weighted by Gasteiger charge is 2.43. The Morgan fingerprint density at radius 2 is 2.09 bits per heavy atom. The normalized spacial score (nSPS) is 14.6. The smallest absolute Gasteiger partial charge is 0.450 e. The number of fused-ring (bicyclic) bond motifs is 1. The first-order chi connectivity index (χ1) is 10.6. The first-order valence-electron chi connectivity index (χ1n) is 6.87. The van der Waals surface area contributed by atoms with E-state index in [0.717, 1.165) is 0 Å². The molecule has 0 unspecified atom stereocenters. The number of hydrogen-bond acceptors (Lipinski definition) is 3. The number of carboxylic acid groups (broad SMARTS) is 1. The van der Waals surface area contributed by atoms with Crippen LogP contribution in [0.2, 0.25) is 5.02 Å². The van der Waals surface area contributed by atoms with E-state index in [1.165, 1.54) is 12.1 Å². The van der Waals surface area contributed by atoms with E-state index in [1.54, 1.807) is 0 Å². The number of nitrogens with one attached hydrogen (secondary N) is 1. The number of rotatable bonds is 4. The van der Waals surface area contributed by atoms with E-state index in [-0.39, 0.29) is 5.75 Å². The van der Waals surface area contributed by atoms with Gasteiger partial charge in [0.25, 0.3) is 0 Å². The molecule has 0 atom stereocenters. The largest absolute Gasteiger partial charge is 0.478 e. The van der Waals surface area contributed by atoms with Gasteiger partial charge in [0.05, 0.1) is 16.3 Å². The van der Waals surface area contributed by atoms with Gasteiger partial charge in [-0.1, -0.05) is 25.4 Å². The second-order valence-corrected chi connectivity index (χ2v) is 6.01. The third kappa shape index (κ3) is 3.90. The number of halogens is 4. The maximum Gasteiger partial charge on any atom is 0.450 e. The lowest BCUT2D eigenvalue weighted by molar-refractivity contribution is -0.137. The van der Waals surface area contributed by atoms with Crippen molar-refractivity contribution in [1.82, 2.24) is 0 Å². The molecule has 0 spiro atoms. The van der Waals surface area contributed by atoms with Crippen LogP contribution in [0.15, 0.2) is 23.5 Å². The predicted octanol–water partition coefficient (Wildman–Crippen LogP) is 4.24. The van der Waals surface area contributed by atoms with Crippen LogP contribution < -0.4 is 10.1 Å². The van der Waals surface area contributed by atoms with Gasteiger partial charge in [0.2, 0.25) is 5.76 Å². The molecule has 4 nitrogen and oxygen atoms in total. The van der Waals surface area contributed by atoms with E-state index in [1.807, 2.05) is 13.8 Å². The van der Waals surface area contributed by atoms with E-state index in [9.17, 15) is 18.0 Å². The van der Waals surface area contributed by atoms with Crippen molar-refractivity contribution in [3.05, 3.63) is 34.1 Å². The summed E-state index contributed by atoms with van der Waals surface area (Å²) in [5, 5.41) is 12.3. The van der Waals surface area contributed by atoms with Crippen LogP contribution in [0.3, 0.4) is 0 Å². The van der Waals surface area contributed by atoms with Crippen molar-refractivity contribution < 1.29 is 27.8 Å². The fraction of sp³-hybridized carbons (Fsp3) is 0.400. The topological polar surface area (TPSA) is 58.6 Å². The zero-order valence-electron chi connectivity index (χ0n) is 12.4. The third-order valence-corrected chi connectivity index (χ3v) is 3.53. The number of anilines is 1. The van der Waals surface area contributed by atoms with Crippen molar-refractivity contribution in [2.24, 2.45) is 5.92 Å². The minimum atomic E-state index is -4.88. The molecule has 0 saturated heterocycles. The Labute approximate surface area is 135 Å². The lowest BCUT2D eigenvalue weighted by Gasteiger charge is -2.24. The Bertz CT molecular complexity index is 669. The minimum absolute atomic E-state index is 0.0435. The first-order valence-corrected chi connectivity index (χ1v) is 7.25. The predicted molar refractivity (Wildman–Crippen MR) is 79.8 cm³/mol. The van der Waals surface area contributed by atoms with Crippen molar-refractivity contribution in [3.8, 4) is 5.75 Å². The van der Waals surface area contributed by atoms with Gasteiger partial charge in [0, 0.05) is 24.6 Å². The van der Waals surface area contributed by atoms with Crippen LogP contribution in [0.1, 0.15) is 19.4 Å². The molecular formula is C15H15ClF3NO3. The number of hydrogen-bond donors (Lipinski definition) is 2. The summed E-state index contributed by atoms with van der Waals surface area (Å²) >= 11 is 6.09. The highest BCUT2D eigenvalue weighted by Crippen LogP contribution is 2.41. The molecule has 1 aromatic carbocycles. The lowest BCUT2D eigenvalue weighted by Crippen LogP contribution is -2.27. The fourth-order valence-electron chi connectivity index (χ4n) is 2.12. The highest BCUT2D eigenvalue weighted by atomic mass is 35.5. The summed E-state index contributed by atoms with van der Waals surface area (Å²) in [4.78, 5) is 11.1. The summed E-state index contributed by atoms with van der Waals surface area (Å²) in [5.41, 5.74) is -0.0844. The molecule has 1 heterocycles. The van der Waals surface area contributed by atoms with Crippen LogP contribution in [0.5, 0.6) is 5.75 Å². The Morgan fingerprint density at radius 3 is 2.61 bits per heavy atom. The van der Waals surface area contributed by atoms with Gasteiger partial charge in [0.1, 0.15) is 5.75 Å². The summed E-state index contributed by atoms with van der Waals surface area (Å²) < 4.78 is 43.8. The fourth-order valence-corrected chi connectivity index (χ4v) is 2.37. The Hall–Kier alpha value is -1.89. The summed E-state index contributed by atoms with van der Waals surface area (Å²) in [5.74, 6) is -2.89. The van der Waals surface area contributed by atoms with E-state index < -0.39 is 29.9 Å². The average Bonchev–Trinajstić information content (AvgIpc) is 2.42. The van der Waals surface area contributed by atoms with Gasteiger partial charge in [-0.25, -0.2) is 4.79 Å². The quantitative estimate of drug-likeness (QED) is 0.853. The van der Waals surface area contributed by atoms with Crippen LogP contribution in [-0.2, 0) is 11.2 Å². The molecule has 0 radical (unpaired) electrons. The monoisotopic (exact) mass is 349 g/mol. The molecule has 1 aliphatic rings. The van der Waals surface area contributed by atoms with Crippen LogP contribution >= 0.6 is 11.6 Å². The van der Waals surface area contributed by atoms with Gasteiger partial charge in [0.15, 0.2) is 0 Å². The number of carboxylic acids is 1. The maximum atomic E-state index is 13.0. The van der Waals surface area contributed by atoms with Gasteiger partial charge < -0.3 is 15.2 Å². The van der Waals surface area contributed by atoms with E-state index in [0.29, 0.717) is 28.7 Å². The zero-order chi connectivity index (χ0) is 17.4. The highest BCUT2D eigenvalue weighted by molar-refractivity contribution is 6.33. The number of ether oxygens (including phenoxy) is 1. The van der Waals surface area contributed by atoms with E-state index in [2.05, 4.69) is 5.32 Å². The van der Waals surface area contributed by atoms with Crippen LogP contribution in [-0.4, -0.2) is 23.8 Å². The molecule has 126 valence electrons. The number of alkyl halides is 3. The molecule has 1 aromatic rings. The summed E-state index contributed by atoms with van der Waals surface area (Å²) in [6, 6.07) is 2.79. The molecular weight excluding hydrogens is 335 g/mol. The van der Waals surface area contributed by atoms with Gasteiger partial charge in [-0.2, -0.15) is 13.2 Å². The summed E-state index contributed by atoms with van der Waals surface area (Å²) in [6.07, 6.45) is -5.28. The van der Waals surface area contributed by atoms with Crippen molar-refractivity contribution in [3.63, 3.8) is 0 Å².